The lowest BCUT2D eigenvalue weighted by atomic mass is 10.1. The second kappa shape index (κ2) is 6.63. The van der Waals surface area contributed by atoms with Crippen LogP contribution in [0.4, 0.5) is 13.2 Å². The number of hydrogen-bond acceptors (Lipinski definition) is 2. The van der Waals surface area contributed by atoms with Gasteiger partial charge in [-0.15, -0.1) is 0 Å². The minimum absolute atomic E-state index is 0.0218. The topological polar surface area (TPSA) is 18.5 Å². The van der Waals surface area contributed by atoms with Crippen molar-refractivity contribution in [1.82, 2.24) is 0 Å². The highest BCUT2D eigenvalue weighted by molar-refractivity contribution is 6.36. The molecule has 0 aliphatic carbocycles. The lowest BCUT2D eigenvalue weighted by molar-refractivity contribution is -0.180. The van der Waals surface area contributed by atoms with E-state index in [9.17, 15) is 13.2 Å². The second-order valence-corrected chi connectivity index (χ2v) is 6.60. The van der Waals surface area contributed by atoms with Crippen LogP contribution in [0.5, 0.6) is 17.2 Å². The molecule has 0 N–H and O–H groups in total. The van der Waals surface area contributed by atoms with E-state index in [1.807, 2.05) is 0 Å². The van der Waals surface area contributed by atoms with Gasteiger partial charge < -0.3 is 9.47 Å². The summed E-state index contributed by atoms with van der Waals surface area (Å²) in [6.45, 7) is 1.75. The highest BCUT2D eigenvalue weighted by Crippen LogP contribution is 2.41. The van der Waals surface area contributed by atoms with Gasteiger partial charge in [0.05, 0.1) is 5.02 Å². The number of fused-ring (bicyclic) bond motifs is 1. The van der Waals surface area contributed by atoms with Crippen molar-refractivity contribution in [2.45, 2.75) is 19.2 Å². The molecule has 1 aliphatic heterocycles. The summed E-state index contributed by atoms with van der Waals surface area (Å²) in [5, 5.41) is 1.01. The first-order valence-corrected chi connectivity index (χ1v) is 8.17. The largest absolute Gasteiger partial charge is 0.476 e. The molecule has 1 atom stereocenters. The molecule has 0 fully saturated rings. The number of benzene rings is 2. The van der Waals surface area contributed by atoms with Gasteiger partial charge in [-0.05, 0) is 36.8 Å². The first kappa shape index (κ1) is 18.2. The molecule has 0 aromatic heterocycles. The molecule has 0 unspecified atom stereocenters. The Morgan fingerprint density at radius 1 is 1.00 bits per heavy atom. The van der Waals surface area contributed by atoms with Crippen LogP contribution < -0.4 is 9.47 Å². The third-order valence-corrected chi connectivity index (χ3v) is 4.65. The van der Waals surface area contributed by atoms with Crippen molar-refractivity contribution in [3.05, 3.63) is 56.5 Å². The van der Waals surface area contributed by atoms with Crippen molar-refractivity contribution >= 4 is 40.9 Å². The van der Waals surface area contributed by atoms with E-state index in [2.05, 4.69) is 0 Å². The van der Waals surface area contributed by atoms with E-state index in [1.165, 1.54) is 30.3 Å². The zero-order chi connectivity index (χ0) is 18.4. The molecule has 2 nitrogen and oxygen atoms in total. The number of halogens is 6. The quantitative estimate of drug-likeness (QED) is 0.527. The van der Waals surface area contributed by atoms with Crippen LogP contribution in [-0.2, 0) is 0 Å². The van der Waals surface area contributed by atoms with Gasteiger partial charge in [0.2, 0.25) is 6.10 Å². The van der Waals surface area contributed by atoms with Gasteiger partial charge in [-0.1, -0.05) is 40.9 Å². The summed E-state index contributed by atoms with van der Waals surface area (Å²) in [7, 11) is 0. The second-order valence-electron chi connectivity index (χ2n) is 5.37. The molecule has 0 bridgehead atoms. The SMILES string of the molecule is Cc1c(Cl)cc(Oc2cc3c(cc2Cl)C=C[C@@H](C(F)(F)F)O3)cc1Cl. The average molecular weight is 410 g/mol. The molecule has 0 radical (unpaired) electrons. The maximum absolute atomic E-state index is 12.8. The molecule has 3 rings (SSSR count). The van der Waals surface area contributed by atoms with Crippen molar-refractivity contribution in [2.75, 3.05) is 0 Å². The first-order chi connectivity index (χ1) is 11.6. The lowest BCUT2D eigenvalue weighted by Gasteiger charge is -2.24. The van der Waals surface area contributed by atoms with E-state index in [-0.39, 0.29) is 16.5 Å². The van der Waals surface area contributed by atoms with Crippen LogP contribution >= 0.6 is 34.8 Å². The Labute approximate surface area is 156 Å². The normalized spacial score (nSPS) is 16.4. The highest BCUT2D eigenvalue weighted by Gasteiger charge is 2.41. The summed E-state index contributed by atoms with van der Waals surface area (Å²) in [6, 6.07) is 5.85. The highest BCUT2D eigenvalue weighted by atomic mass is 35.5. The summed E-state index contributed by atoms with van der Waals surface area (Å²) in [4.78, 5) is 0. The molecule has 25 heavy (non-hydrogen) atoms. The maximum atomic E-state index is 12.8. The number of hydrogen-bond donors (Lipinski definition) is 0. The third kappa shape index (κ3) is 3.84. The molecule has 132 valence electrons. The van der Waals surface area contributed by atoms with Gasteiger partial charge in [0, 0.05) is 21.7 Å². The number of rotatable bonds is 2. The lowest BCUT2D eigenvalue weighted by Crippen LogP contribution is -2.33. The Hall–Kier alpha value is -1.56. The van der Waals surface area contributed by atoms with Crippen LogP contribution in [0.25, 0.3) is 6.08 Å². The van der Waals surface area contributed by atoms with Gasteiger partial charge >= 0.3 is 6.18 Å². The fourth-order valence-corrected chi connectivity index (χ4v) is 2.89. The van der Waals surface area contributed by atoms with Gasteiger partial charge in [-0.2, -0.15) is 13.2 Å². The van der Waals surface area contributed by atoms with Gasteiger partial charge in [0.15, 0.2) is 0 Å². The molecule has 8 heteroatoms. The summed E-state index contributed by atoms with van der Waals surface area (Å²) in [5.74, 6) is 0.460. The molecule has 0 amide bonds. The summed E-state index contributed by atoms with van der Waals surface area (Å²) in [5.41, 5.74) is 1.12. The fourth-order valence-electron chi connectivity index (χ4n) is 2.21. The Morgan fingerprint density at radius 2 is 1.64 bits per heavy atom. The zero-order valence-electron chi connectivity index (χ0n) is 12.6. The van der Waals surface area contributed by atoms with Crippen LogP contribution in [0.15, 0.2) is 30.3 Å². The standard InChI is InChI=1S/C17H10Cl3F3O2/c1-8-11(18)5-10(6-12(8)19)24-15-7-14-9(4-13(15)20)2-3-16(25-14)17(21,22)23/h2-7,16H,1H3/t16-/m0/s1. The Kier molecular flexibility index (Phi) is 4.84. The van der Waals surface area contributed by atoms with Crippen LogP contribution in [0.1, 0.15) is 11.1 Å². The smallest absolute Gasteiger partial charge is 0.429 e. The fraction of sp³-hybridized carbons (Fsp3) is 0.176. The van der Waals surface area contributed by atoms with Gasteiger partial charge in [-0.3, -0.25) is 0 Å². The third-order valence-electron chi connectivity index (χ3n) is 3.57. The molecule has 2 aromatic rings. The predicted molar refractivity (Wildman–Crippen MR) is 92.2 cm³/mol. The molecule has 0 spiro atoms. The Bertz CT molecular complexity index is 840. The van der Waals surface area contributed by atoms with Crippen LogP contribution in [0.2, 0.25) is 15.1 Å². The van der Waals surface area contributed by atoms with E-state index in [4.69, 9.17) is 44.3 Å². The first-order valence-electron chi connectivity index (χ1n) is 7.04. The summed E-state index contributed by atoms with van der Waals surface area (Å²) < 4.78 is 49.1. The van der Waals surface area contributed by atoms with Crippen molar-refractivity contribution in [1.29, 1.82) is 0 Å². The molecule has 1 aliphatic rings. The van der Waals surface area contributed by atoms with E-state index in [1.54, 1.807) is 6.92 Å². The van der Waals surface area contributed by atoms with E-state index in [0.717, 1.165) is 6.08 Å². The number of alkyl halides is 3. The Morgan fingerprint density at radius 3 is 2.24 bits per heavy atom. The van der Waals surface area contributed by atoms with Crippen molar-refractivity contribution < 1.29 is 22.6 Å². The van der Waals surface area contributed by atoms with Gasteiger partial charge in [0.25, 0.3) is 0 Å². The maximum Gasteiger partial charge on any atom is 0.429 e. The van der Waals surface area contributed by atoms with Gasteiger partial charge in [0.1, 0.15) is 17.2 Å². The van der Waals surface area contributed by atoms with Crippen LogP contribution in [-0.4, -0.2) is 12.3 Å². The molecule has 2 aromatic carbocycles. The van der Waals surface area contributed by atoms with Crippen molar-refractivity contribution in [2.24, 2.45) is 0 Å². The van der Waals surface area contributed by atoms with E-state index in [0.29, 0.717) is 26.9 Å². The number of ether oxygens (including phenoxy) is 2. The van der Waals surface area contributed by atoms with E-state index < -0.39 is 12.3 Å². The molecule has 0 saturated carbocycles. The summed E-state index contributed by atoms with van der Waals surface area (Å²) >= 11 is 18.3. The predicted octanol–water partition coefficient (Wildman–Crippen LogP) is 7.08. The van der Waals surface area contributed by atoms with Crippen molar-refractivity contribution in [3.8, 4) is 17.2 Å². The minimum Gasteiger partial charge on any atom is -0.476 e. The molecule has 1 heterocycles. The molecule has 0 saturated heterocycles. The van der Waals surface area contributed by atoms with Gasteiger partial charge in [-0.25, -0.2) is 0 Å². The van der Waals surface area contributed by atoms with Crippen LogP contribution in [0.3, 0.4) is 0 Å². The summed E-state index contributed by atoms with van der Waals surface area (Å²) in [6.07, 6.45) is -4.28. The Balaban J connectivity index is 1.93. The molecular formula is C17H10Cl3F3O2. The average Bonchev–Trinajstić information content (AvgIpc) is 2.52. The molecular weight excluding hydrogens is 400 g/mol. The zero-order valence-corrected chi connectivity index (χ0v) is 14.9. The van der Waals surface area contributed by atoms with E-state index >= 15 is 0 Å². The minimum atomic E-state index is -4.51. The monoisotopic (exact) mass is 408 g/mol. The van der Waals surface area contributed by atoms with Crippen LogP contribution in [0, 0.1) is 6.92 Å². The van der Waals surface area contributed by atoms with Crippen molar-refractivity contribution in [3.63, 3.8) is 0 Å².